The molecule has 1 fully saturated rings. The summed E-state index contributed by atoms with van der Waals surface area (Å²) >= 11 is 0. The van der Waals surface area contributed by atoms with E-state index in [1.807, 2.05) is 20.3 Å². The van der Waals surface area contributed by atoms with E-state index in [-0.39, 0.29) is 0 Å². The first-order valence-electron chi connectivity index (χ1n) is 7.40. The van der Waals surface area contributed by atoms with E-state index < -0.39 is 0 Å². The molecule has 1 saturated carbocycles. The third-order valence-electron chi connectivity index (χ3n) is 4.44. The van der Waals surface area contributed by atoms with Gasteiger partial charge < -0.3 is 14.8 Å². The summed E-state index contributed by atoms with van der Waals surface area (Å²) in [5.41, 5.74) is 1.26. The molecule has 0 saturated heterocycles. The smallest absolute Gasteiger partial charge is 0.204 e. The van der Waals surface area contributed by atoms with Gasteiger partial charge >= 0.3 is 0 Å². The van der Waals surface area contributed by atoms with Gasteiger partial charge in [-0.2, -0.15) is 0 Å². The molecule has 1 aromatic heterocycles. The quantitative estimate of drug-likeness (QED) is 0.906. The third-order valence-corrected chi connectivity index (χ3v) is 4.44. The number of nitrogens with one attached hydrogen (secondary N) is 1. The molecule has 0 radical (unpaired) electrons. The van der Waals surface area contributed by atoms with Crippen LogP contribution in [-0.4, -0.2) is 29.7 Å². The summed E-state index contributed by atoms with van der Waals surface area (Å²) < 4.78 is 2.17. The van der Waals surface area contributed by atoms with Crippen LogP contribution in [0.4, 0.5) is 5.95 Å². The summed E-state index contributed by atoms with van der Waals surface area (Å²) in [6.07, 6.45) is 6.00. The van der Waals surface area contributed by atoms with Crippen LogP contribution in [-0.2, 0) is 13.6 Å². The normalized spacial score (nSPS) is 27.5. The fourth-order valence-corrected chi connectivity index (χ4v) is 3.22. The van der Waals surface area contributed by atoms with Crippen LogP contribution in [0, 0.1) is 11.8 Å². The van der Waals surface area contributed by atoms with E-state index in [1.54, 1.807) is 0 Å². The second-order valence-corrected chi connectivity index (χ2v) is 6.39. The SMILES string of the molecule is CC1CCC(NCc2cnc(N(C)C)n2C)C(C)C1. The van der Waals surface area contributed by atoms with Crippen LogP contribution in [0.25, 0.3) is 0 Å². The highest BCUT2D eigenvalue weighted by molar-refractivity contribution is 5.30. The van der Waals surface area contributed by atoms with Gasteiger partial charge in [-0.15, -0.1) is 0 Å². The largest absolute Gasteiger partial charge is 0.348 e. The van der Waals surface area contributed by atoms with E-state index in [4.69, 9.17) is 0 Å². The number of rotatable bonds is 4. The van der Waals surface area contributed by atoms with E-state index in [9.17, 15) is 0 Å². The Morgan fingerprint density at radius 1 is 1.37 bits per heavy atom. The number of anilines is 1. The van der Waals surface area contributed by atoms with Gasteiger partial charge in [0.25, 0.3) is 0 Å². The highest BCUT2D eigenvalue weighted by Gasteiger charge is 2.25. The van der Waals surface area contributed by atoms with Crippen LogP contribution in [0.15, 0.2) is 6.20 Å². The first kappa shape index (κ1) is 14.4. The molecule has 3 unspecified atom stereocenters. The fraction of sp³-hybridized carbons (Fsp3) is 0.800. The number of hydrogen-bond acceptors (Lipinski definition) is 3. The Kier molecular flexibility index (Phi) is 4.50. The lowest BCUT2D eigenvalue weighted by Crippen LogP contribution is -2.38. The van der Waals surface area contributed by atoms with Crippen molar-refractivity contribution in [3.63, 3.8) is 0 Å². The van der Waals surface area contributed by atoms with Crippen LogP contribution in [0.1, 0.15) is 38.8 Å². The van der Waals surface area contributed by atoms with Crippen LogP contribution in [0.5, 0.6) is 0 Å². The number of nitrogens with zero attached hydrogens (tertiary/aromatic N) is 3. The van der Waals surface area contributed by atoms with Gasteiger partial charge in [-0.3, -0.25) is 0 Å². The lowest BCUT2D eigenvalue weighted by atomic mass is 9.80. The molecule has 2 rings (SSSR count). The predicted molar refractivity (Wildman–Crippen MR) is 80.3 cm³/mol. The Bertz CT molecular complexity index is 410. The van der Waals surface area contributed by atoms with Crippen molar-refractivity contribution in [1.82, 2.24) is 14.9 Å². The maximum absolute atomic E-state index is 4.46. The molecule has 0 bridgehead atoms. The molecule has 4 heteroatoms. The lowest BCUT2D eigenvalue weighted by Gasteiger charge is -2.33. The van der Waals surface area contributed by atoms with Crippen molar-refractivity contribution < 1.29 is 0 Å². The summed E-state index contributed by atoms with van der Waals surface area (Å²) in [7, 11) is 6.15. The van der Waals surface area contributed by atoms with Gasteiger partial charge in [0, 0.05) is 33.7 Å². The molecule has 0 aromatic carbocycles. The molecule has 108 valence electrons. The predicted octanol–water partition coefficient (Wildman–Crippen LogP) is 2.40. The molecule has 1 aromatic rings. The van der Waals surface area contributed by atoms with Gasteiger partial charge in [-0.05, 0) is 31.1 Å². The summed E-state index contributed by atoms with van der Waals surface area (Å²) in [5, 5.41) is 3.72. The topological polar surface area (TPSA) is 33.1 Å². The minimum atomic E-state index is 0.661. The van der Waals surface area contributed by atoms with Crippen molar-refractivity contribution in [3.8, 4) is 0 Å². The number of imidazole rings is 1. The Balaban J connectivity index is 1.92. The summed E-state index contributed by atoms with van der Waals surface area (Å²) in [6, 6.07) is 0.661. The van der Waals surface area contributed by atoms with E-state index in [2.05, 4.69) is 40.7 Å². The fourth-order valence-electron chi connectivity index (χ4n) is 3.22. The average molecular weight is 264 g/mol. The molecular weight excluding hydrogens is 236 g/mol. The van der Waals surface area contributed by atoms with Crippen LogP contribution < -0.4 is 10.2 Å². The molecule has 0 aliphatic heterocycles. The highest BCUT2D eigenvalue weighted by Crippen LogP contribution is 2.28. The van der Waals surface area contributed by atoms with Crippen molar-refractivity contribution in [2.45, 2.75) is 45.7 Å². The van der Waals surface area contributed by atoms with Crippen molar-refractivity contribution in [2.24, 2.45) is 18.9 Å². The lowest BCUT2D eigenvalue weighted by molar-refractivity contribution is 0.226. The van der Waals surface area contributed by atoms with Crippen LogP contribution in [0.2, 0.25) is 0 Å². The summed E-state index contributed by atoms with van der Waals surface area (Å²) in [6.45, 7) is 5.67. The first-order chi connectivity index (χ1) is 8.99. The first-order valence-corrected chi connectivity index (χ1v) is 7.40. The number of hydrogen-bond donors (Lipinski definition) is 1. The molecule has 0 spiro atoms. The molecule has 1 heterocycles. The highest BCUT2D eigenvalue weighted by atomic mass is 15.3. The van der Waals surface area contributed by atoms with E-state index in [0.29, 0.717) is 6.04 Å². The van der Waals surface area contributed by atoms with E-state index >= 15 is 0 Å². The van der Waals surface area contributed by atoms with Crippen molar-refractivity contribution in [1.29, 1.82) is 0 Å². The minimum absolute atomic E-state index is 0.661. The number of aromatic nitrogens is 2. The van der Waals surface area contributed by atoms with Crippen molar-refractivity contribution in [2.75, 3.05) is 19.0 Å². The third kappa shape index (κ3) is 3.30. The minimum Gasteiger partial charge on any atom is -0.348 e. The van der Waals surface area contributed by atoms with Gasteiger partial charge in [0.15, 0.2) is 0 Å². The zero-order valence-corrected chi connectivity index (χ0v) is 13.0. The molecule has 19 heavy (non-hydrogen) atoms. The van der Waals surface area contributed by atoms with Crippen molar-refractivity contribution >= 4 is 5.95 Å². The Hall–Kier alpha value is -1.03. The van der Waals surface area contributed by atoms with E-state index in [0.717, 1.165) is 24.3 Å². The summed E-state index contributed by atoms with van der Waals surface area (Å²) in [4.78, 5) is 6.51. The molecule has 1 aliphatic carbocycles. The van der Waals surface area contributed by atoms with Crippen LogP contribution in [0.3, 0.4) is 0 Å². The molecule has 3 atom stereocenters. The maximum atomic E-state index is 4.46. The van der Waals surface area contributed by atoms with Crippen LogP contribution >= 0.6 is 0 Å². The Labute approximate surface area is 117 Å². The van der Waals surface area contributed by atoms with Gasteiger partial charge in [-0.25, -0.2) is 4.98 Å². The second kappa shape index (κ2) is 5.95. The van der Waals surface area contributed by atoms with Gasteiger partial charge in [0.2, 0.25) is 5.95 Å². The summed E-state index contributed by atoms with van der Waals surface area (Å²) in [5.74, 6) is 2.69. The molecule has 1 N–H and O–H groups in total. The average Bonchev–Trinajstić information content (AvgIpc) is 2.70. The zero-order valence-electron chi connectivity index (χ0n) is 13.0. The molecule has 1 aliphatic rings. The zero-order chi connectivity index (χ0) is 14.0. The standard InChI is InChI=1S/C15H28N4/c1-11-6-7-14(12(2)8-11)16-9-13-10-17-15(18(3)4)19(13)5/h10-12,14,16H,6-9H2,1-5H3. The Morgan fingerprint density at radius 3 is 2.68 bits per heavy atom. The van der Waals surface area contributed by atoms with Gasteiger partial charge in [-0.1, -0.05) is 13.8 Å². The molecular formula is C15H28N4. The maximum Gasteiger partial charge on any atom is 0.204 e. The van der Waals surface area contributed by atoms with Gasteiger partial charge in [0.05, 0.1) is 11.9 Å². The molecule has 0 amide bonds. The van der Waals surface area contributed by atoms with Gasteiger partial charge in [0.1, 0.15) is 0 Å². The second-order valence-electron chi connectivity index (χ2n) is 6.39. The monoisotopic (exact) mass is 264 g/mol. The van der Waals surface area contributed by atoms with Crippen molar-refractivity contribution in [3.05, 3.63) is 11.9 Å². The van der Waals surface area contributed by atoms with E-state index in [1.165, 1.54) is 25.0 Å². The molecule has 4 nitrogen and oxygen atoms in total. The Morgan fingerprint density at radius 2 is 2.11 bits per heavy atom.